The molecule has 66 valence electrons. The van der Waals surface area contributed by atoms with Gasteiger partial charge in [-0.15, -0.1) is 0 Å². The number of nitrogens with two attached hydrogens (primary N) is 1. The first kappa shape index (κ1) is 9.01. The molecule has 0 bridgehead atoms. The Morgan fingerprint density at radius 1 is 1.09 bits per heavy atom. The molecule has 0 unspecified atom stereocenters. The highest BCUT2D eigenvalue weighted by atomic mass is 16.3. The summed E-state index contributed by atoms with van der Waals surface area (Å²) in [7, 11) is 0. The summed E-state index contributed by atoms with van der Waals surface area (Å²) in [5.41, 5.74) is 5.57. The average Bonchev–Trinajstić information content (AvgIpc) is 2.07. The quantitative estimate of drug-likeness (QED) is 0.645. The van der Waals surface area contributed by atoms with Gasteiger partial charge >= 0.3 is 0 Å². The molecule has 1 fully saturated rings. The summed E-state index contributed by atoms with van der Waals surface area (Å²) in [6.45, 7) is 1.21. The number of hydrogen-bond acceptors (Lipinski definition) is 2. The van der Waals surface area contributed by atoms with Crippen LogP contribution in [0.4, 0.5) is 0 Å². The molecule has 0 amide bonds. The van der Waals surface area contributed by atoms with Crippen LogP contribution in [0.25, 0.3) is 0 Å². The lowest BCUT2D eigenvalue weighted by Crippen LogP contribution is -2.21. The molecule has 11 heavy (non-hydrogen) atoms. The lowest BCUT2D eigenvalue weighted by atomic mass is 9.81. The molecule has 0 aromatic carbocycles. The van der Waals surface area contributed by atoms with Crippen molar-refractivity contribution >= 4 is 0 Å². The molecule has 0 radical (unpaired) electrons. The van der Waals surface area contributed by atoms with E-state index >= 15 is 0 Å². The van der Waals surface area contributed by atoms with E-state index in [-0.39, 0.29) is 0 Å². The summed E-state index contributed by atoms with van der Waals surface area (Å²) in [6.07, 6.45) is 6.12. The maximum atomic E-state index is 8.72. The average molecular weight is 157 g/mol. The van der Waals surface area contributed by atoms with Gasteiger partial charge in [0.2, 0.25) is 0 Å². The Bertz CT molecular complexity index is 97.7. The van der Waals surface area contributed by atoms with Crippen molar-refractivity contribution < 1.29 is 5.11 Å². The zero-order valence-electron chi connectivity index (χ0n) is 7.13. The standard InChI is InChI=1S/C9H19NO/c10-7-9-3-1-8(2-4-9)5-6-11/h8-9,11H,1-7,10H2/t8-,9-. The molecule has 1 rings (SSSR count). The first-order valence-corrected chi connectivity index (χ1v) is 4.67. The highest BCUT2D eigenvalue weighted by Gasteiger charge is 2.19. The maximum Gasteiger partial charge on any atom is 0.0433 e. The normalized spacial score (nSPS) is 32.2. The lowest BCUT2D eigenvalue weighted by molar-refractivity contribution is 0.208. The molecule has 0 aromatic rings. The highest BCUT2D eigenvalue weighted by molar-refractivity contribution is 4.72. The van der Waals surface area contributed by atoms with Gasteiger partial charge in [0.25, 0.3) is 0 Å². The van der Waals surface area contributed by atoms with Gasteiger partial charge in [-0.05, 0) is 37.6 Å². The smallest absolute Gasteiger partial charge is 0.0433 e. The maximum absolute atomic E-state index is 8.72. The summed E-state index contributed by atoms with van der Waals surface area (Å²) < 4.78 is 0. The summed E-state index contributed by atoms with van der Waals surface area (Å²) in [5.74, 6) is 1.55. The Balaban J connectivity index is 2.14. The molecule has 0 heterocycles. The van der Waals surface area contributed by atoms with Crippen molar-refractivity contribution in [3.63, 3.8) is 0 Å². The van der Waals surface area contributed by atoms with E-state index in [1.54, 1.807) is 0 Å². The third-order valence-electron chi connectivity index (χ3n) is 2.84. The second kappa shape index (κ2) is 4.73. The SMILES string of the molecule is NC[C@H]1CC[C@H](CCO)CC1. The second-order valence-corrected chi connectivity index (χ2v) is 3.63. The second-order valence-electron chi connectivity index (χ2n) is 3.63. The lowest BCUT2D eigenvalue weighted by Gasteiger charge is -2.26. The molecule has 0 atom stereocenters. The van der Waals surface area contributed by atoms with Crippen LogP contribution in [-0.2, 0) is 0 Å². The van der Waals surface area contributed by atoms with E-state index in [0.29, 0.717) is 6.61 Å². The van der Waals surface area contributed by atoms with Gasteiger partial charge in [0, 0.05) is 6.61 Å². The van der Waals surface area contributed by atoms with Gasteiger partial charge in [0.05, 0.1) is 0 Å². The predicted molar refractivity (Wildman–Crippen MR) is 46.2 cm³/mol. The van der Waals surface area contributed by atoms with E-state index in [0.717, 1.165) is 24.8 Å². The van der Waals surface area contributed by atoms with Crippen molar-refractivity contribution in [1.29, 1.82) is 0 Å². The van der Waals surface area contributed by atoms with E-state index in [2.05, 4.69) is 0 Å². The summed E-state index contributed by atoms with van der Waals surface area (Å²) in [5, 5.41) is 8.72. The monoisotopic (exact) mass is 157 g/mol. The van der Waals surface area contributed by atoms with Crippen molar-refractivity contribution in [2.45, 2.75) is 32.1 Å². The van der Waals surface area contributed by atoms with Gasteiger partial charge in [0.1, 0.15) is 0 Å². The molecule has 0 saturated heterocycles. The predicted octanol–water partition coefficient (Wildman–Crippen LogP) is 1.13. The van der Waals surface area contributed by atoms with Crippen LogP contribution in [0.3, 0.4) is 0 Å². The van der Waals surface area contributed by atoms with Gasteiger partial charge in [-0.2, -0.15) is 0 Å². The van der Waals surface area contributed by atoms with Crippen LogP contribution in [0, 0.1) is 11.8 Å². The van der Waals surface area contributed by atoms with Crippen LogP contribution in [0.2, 0.25) is 0 Å². The Labute approximate surface area is 68.8 Å². The summed E-state index contributed by atoms with van der Waals surface area (Å²) in [6, 6.07) is 0. The fourth-order valence-electron chi connectivity index (χ4n) is 1.94. The van der Waals surface area contributed by atoms with Crippen LogP contribution in [-0.4, -0.2) is 18.3 Å². The molecule has 1 aliphatic carbocycles. The first-order chi connectivity index (χ1) is 5.36. The van der Waals surface area contributed by atoms with Crippen molar-refractivity contribution in [3.05, 3.63) is 0 Å². The minimum atomic E-state index is 0.359. The molecule has 1 saturated carbocycles. The van der Waals surface area contributed by atoms with Crippen LogP contribution in [0.15, 0.2) is 0 Å². The van der Waals surface area contributed by atoms with Crippen LogP contribution in [0.1, 0.15) is 32.1 Å². The molecule has 2 heteroatoms. The van der Waals surface area contributed by atoms with Gasteiger partial charge in [-0.3, -0.25) is 0 Å². The highest BCUT2D eigenvalue weighted by Crippen LogP contribution is 2.29. The Hall–Kier alpha value is -0.0800. The third kappa shape index (κ3) is 2.80. The van der Waals surface area contributed by atoms with Crippen molar-refractivity contribution in [2.24, 2.45) is 17.6 Å². The zero-order chi connectivity index (χ0) is 8.10. The molecule has 2 nitrogen and oxygen atoms in total. The number of hydrogen-bond donors (Lipinski definition) is 2. The first-order valence-electron chi connectivity index (χ1n) is 4.67. The molecule has 1 aliphatic rings. The topological polar surface area (TPSA) is 46.2 Å². The largest absolute Gasteiger partial charge is 0.396 e. The number of aliphatic hydroxyl groups excluding tert-OH is 1. The van der Waals surface area contributed by atoms with Gasteiger partial charge in [0.15, 0.2) is 0 Å². The van der Waals surface area contributed by atoms with Gasteiger partial charge < -0.3 is 10.8 Å². The van der Waals surface area contributed by atoms with Crippen LogP contribution < -0.4 is 5.73 Å². The van der Waals surface area contributed by atoms with Gasteiger partial charge in [-0.25, -0.2) is 0 Å². The molecular weight excluding hydrogens is 138 g/mol. The van der Waals surface area contributed by atoms with Crippen molar-refractivity contribution in [2.75, 3.05) is 13.2 Å². The summed E-state index contributed by atoms with van der Waals surface area (Å²) in [4.78, 5) is 0. The Morgan fingerprint density at radius 3 is 2.09 bits per heavy atom. The fourth-order valence-corrected chi connectivity index (χ4v) is 1.94. The van der Waals surface area contributed by atoms with E-state index in [9.17, 15) is 0 Å². The third-order valence-corrected chi connectivity index (χ3v) is 2.84. The number of rotatable bonds is 3. The molecule has 0 aromatic heterocycles. The van der Waals surface area contributed by atoms with Crippen molar-refractivity contribution in [1.82, 2.24) is 0 Å². The van der Waals surface area contributed by atoms with Crippen LogP contribution in [0.5, 0.6) is 0 Å². The fraction of sp³-hybridized carbons (Fsp3) is 1.00. The molecule has 3 N–H and O–H groups in total. The van der Waals surface area contributed by atoms with Crippen molar-refractivity contribution in [3.8, 4) is 0 Å². The Kier molecular flexibility index (Phi) is 3.87. The Morgan fingerprint density at radius 2 is 1.64 bits per heavy atom. The minimum absolute atomic E-state index is 0.359. The van der Waals surface area contributed by atoms with Gasteiger partial charge in [-0.1, -0.05) is 12.8 Å². The molecule has 0 spiro atoms. The van der Waals surface area contributed by atoms with E-state index in [4.69, 9.17) is 10.8 Å². The van der Waals surface area contributed by atoms with E-state index in [1.165, 1.54) is 25.7 Å². The summed E-state index contributed by atoms with van der Waals surface area (Å²) >= 11 is 0. The molecular formula is C9H19NO. The minimum Gasteiger partial charge on any atom is -0.396 e. The van der Waals surface area contributed by atoms with E-state index in [1.807, 2.05) is 0 Å². The molecule has 0 aliphatic heterocycles. The zero-order valence-corrected chi connectivity index (χ0v) is 7.13. The van der Waals surface area contributed by atoms with E-state index < -0.39 is 0 Å². The number of aliphatic hydroxyl groups is 1. The van der Waals surface area contributed by atoms with Crippen LogP contribution >= 0.6 is 0 Å².